The molecule has 1 rings (SSSR count). The maximum Gasteiger partial charge on any atom is 0.268 e. The van der Waals surface area contributed by atoms with Gasteiger partial charge in [-0.25, -0.2) is 5.84 Å². The number of rotatable bonds is 5. The van der Waals surface area contributed by atoms with Crippen LogP contribution in [0.2, 0.25) is 0 Å². The van der Waals surface area contributed by atoms with Crippen LogP contribution in [-0.2, 0) is 11.3 Å². The Balaban J connectivity index is 2.43. The Labute approximate surface area is 88.6 Å². The number of hydrogen-bond acceptors (Lipinski definition) is 4. The highest BCUT2D eigenvalue weighted by molar-refractivity contribution is 5.93. The van der Waals surface area contributed by atoms with Crippen molar-refractivity contribution in [3.8, 4) is 0 Å². The summed E-state index contributed by atoms with van der Waals surface area (Å²) in [4.78, 5) is 11.1. The quantitative estimate of drug-likeness (QED) is 0.434. The molecule has 1 aromatic heterocycles. The third kappa shape index (κ3) is 3.73. The summed E-state index contributed by atoms with van der Waals surface area (Å²) in [6, 6.07) is 1.61. The van der Waals surface area contributed by atoms with Crippen molar-refractivity contribution < 1.29 is 13.9 Å². The van der Waals surface area contributed by atoms with E-state index in [1.807, 2.05) is 5.43 Å². The third-order valence-electron chi connectivity index (χ3n) is 1.74. The average Bonchev–Trinajstić information content (AvgIpc) is 2.65. The Bertz CT molecular complexity index is 320. The molecule has 0 fully saturated rings. The molecule has 0 aliphatic rings. The second-order valence-corrected chi connectivity index (χ2v) is 3.68. The molecule has 1 heterocycles. The van der Waals surface area contributed by atoms with Gasteiger partial charge in [0.25, 0.3) is 5.91 Å². The van der Waals surface area contributed by atoms with Crippen LogP contribution in [0.5, 0.6) is 0 Å². The summed E-state index contributed by atoms with van der Waals surface area (Å²) in [6.07, 6.45) is 1.36. The first-order chi connectivity index (χ1) is 7.13. The molecule has 5 nitrogen and oxygen atoms in total. The van der Waals surface area contributed by atoms with Gasteiger partial charge in [-0.1, -0.05) is 13.8 Å². The van der Waals surface area contributed by atoms with E-state index in [0.717, 1.165) is 0 Å². The first kappa shape index (κ1) is 11.7. The van der Waals surface area contributed by atoms with Gasteiger partial charge in [-0.3, -0.25) is 10.2 Å². The van der Waals surface area contributed by atoms with Crippen molar-refractivity contribution in [2.75, 3.05) is 6.61 Å². The summed E-state index contributed by atoms with van der Waals surface area (Å²) in [7, 11) is 0. The van der Waals surface area contributed by atoms with E-state index in [2.05, 4.69) is 13.8 Å². The number of hydrazine groups is 1. The highest BCUT2D eigenvalue weighted by Gasteiger charge is 2.08. The topological polar surface area (TPSA) is 77.5 Å². The normalized spacial score (nSPS) is 10.7. The summed E-state index contributed by atoms with van der Waals surface area (Å²) in [6.45, 7) is 5.17. The molecule has 0 bridgehead atoms. The van der Waals surface area contributed by atoms with Crippen LogP contribution in [0, 0.1) is 5.92 Å². The maximum absolute atomic E-state index is 11.1. The van der Waals surface area contributed by atoms with Gasteiger partial charge in [-0.15, -0.1) is 0 Å². The van der Waals surface area contributed by atoms with Crippen molar-refractivity contribution in [1.82, 2.24) is 5.43 Å². The zero-order valence-electron chi connectivity index (χ0n) is 8.95. The number of nitrogens with two attached hydrogens (primary N) is 1. The molecular formula is C10H16N2O3. The first-order valence-corrected chi connectivity index (χ1v) is 4.79. The minimum atomic E-state index is -0.367. The van der Waals surface area contributed by atoms with Gasteiger partial charge in [0, 0.05) is 6.61 Å². The van der Waals surface area contributed by atoms with E-state index in [1.54, 1.807) is 6.07 Å². The number of carbonyl (C=O) groups is 1. The van der Waals surface area contributed by atoms with Gasteiger partial charge < -0.3 is 9.15 Å². The van der Waals surface area contributed by atoms with E-state index < -0.39 is 0 Å². The van der Waals surface area contributed by atoms with Crippen LogP contribution in [0.1, 0.15) is 30.0 Å². The van der Waals surface area contributed by atoms with Gasteiger partial charge in [0.2, 0.25) is 0 Å². The molecule has 0 radical (unpaired) electrons. The molecule has 5 heteroatoms. The van der Waals surface area contributed by atoms with Gasteiger partial charge in [0.05, 0.1) is 5.56 Å². The first-order valence-electron chi connectivity index (χ1n) is 4.79. The average molecular weight is 212 g/mol. The highest BCUT2D eigenvalue weighted by atomic mass is 16.5. The van der Waals surface area contributed by atoms with Crippen LogP contribution < -0.4 is 11.3 Å². The Morgan fingerprint density at radius 3 is 3.00 bits per heavy atom. The fourth-order valence-corrected chi connectivity index (χ4v) is 1.05. The van der Waals surface area contributed by atoms with Gasteiger partial charge >= 0.3 is 0 Å². The summed E-state index contributed by atoms with van der Waals surface area (Å²) in [5.41, 5.74) is 2.43. The Kier molecular flexibility index (Phi) is 4.33. The van der Waals surface area contributed by atoms with Crippen molar-refractivity contribution in [3.05, 3.63) is 23.7 Å². The molecule has 0 saturated heterocycles. The summed E-state index contributed by atoms with van der Waals surface area (Å²) in [5.74, 6) is 5.71. The van der Waals surface area contributed by atoms with Gasteiger partial charge in [-0.05, 0) is 12.0 Å². The smallest absolute Gasteiger partial charge is 0.268 e. The molecule has 0 spiro atoms. The number of ether oxygens (including phenoxy) is 1. The van der Waals surface area contributed by atoms with E-state index in [0.29, 0.717) is 30.5 Å². The van der Waals surface area contributed by atoms with Crippen molar-refractivity contribution in [2.45, 2.75) is 20.5 Å². The fraction of sp³-hybridized carbons (Fsp3) is 0.500. The zero-order chi connectivity index (χ0) is 11.3. The molecule has 0 saturated carbocycles. The van der Waals surface area contributed by atoms with E-state index in [-0.39, 0.29) is 5.91 Å². The predicted octanol–water partition coefficient (Wildman–Crippen LogP) is 1.06. The standard InChI is InChI=1S/C10H16N2O3/c1-7(2)4-14-6-9-3-8(5-15-9)10(13)12-11/h3,5,7H,4,6,11H2,1-2H3,(H,12,13). The van der Waals surface area contributed by atoms with Crippen molar-refractivity contribution >= 4 is 5.91 Å². The molecule has 84 valence electrons. The summed E-state index contributed by atoms with van der Waals surface area (Å²) in [5, 5.41) is 0. The SMILES string of the molecule is CC(C)COCc1cc(C(=O)NN)co1. The number of nitrogen functional groups attached to an aromatic ring is 1. The molecule has 0 aromatic carbocycles. The lowest BCUT2D eigenvalue weighted by molar-refractivity contribution is 0.0846. The largest absolute Gasteiger partial charge is 0.466 e. The Morgan fingerprint density at radius 1 is 1.67 bits per heavy atom. The summed E-state index contributed by atoms with van der Waals surface area (Å²) < 4.78 is 10.5. The van der Waals surface area contributed by atoms with Crippen LogP contribution >= 0.6 is 0 Å². The van der Waals surface area contributed by atoms with Crippen LogP contribution in [0.25, 0.3) is 0 Å². The molecule has 15 heavy (non-hydrogen) atoms. The van der Waals surface area contributed by atoms with E-state index in [4.69, 9.17) is 15.0 Å². The van der Waals surface area contributed by atoms with E-state index in [1.165, 1.54) is 6.26 Å². The van der Waals surface area contributed by atoms with Crippen LogP contribution in [0.3, 0.4) is 0 Å². The molecule has 1 aromatic rings. The molecule has 1 amide bonds. The van der Waals surface area contributed by atoms with E-state index in [9.17, 15) is 4.79 Å². The number of nitrogens with one attached hydrogen (secondary N) is 1. The van der Waals surface area contributed by atoms with Crippen LogP contribution in [0.4, 0.5) is 0 Å². The van der Waals surface area contributed by atoms with Gasteiger partial charge in [-0.2, -0.15) is 0 Å². The number of amides is 1. The maximum atomic E-state index is 11.1. The zero-order valence-corrected chi connectivity index (χ0v) is 8.95. The van der Waals surface area contributed by atoms with Crippen molar-refractivity contribution in [3.63, 3.8) is 0 Å². The second-order valence-electron chi connectivity index (χ2n) is 3.68. The van der Waals surface area contributed by atoms with Crippen molar-refractivity contribution in [1.29, 1.82) is 0 Å². The molecule has 3 N–H and O–H groups in total. The molecule has 0 unspecified atom stereocenters. The molecular weight excluding hydrogens is 196 g/mol. The lowest BCUT2D eigenvalue weighted by Gasteiger charge is -2.03. The fourth-order valence-electron chi connectivity index (χ4n) is 1.05. The lowest BCUT2D eigenvalue weighted by Crippen LogP contribution is -2.29. The minimum Gasteiger partial charge on any atom is -0.466 e. The third-order valence-corrected chi connectivity index (χ3v) is 1.74. The monoisotopic (exact) mass is 212 g/mol. The van der Waals surface area contributed by atoms with Gasteiger partial charge in [0.1, 0.15) is 18.6 Å². The molecule has 0 aliphatic heterocycles. The van der Waals surface area contributed by atoms with E-state index >= 15 is 0 Å². The molecule has 0 aliphatic carbocycles. The van der Waals surface area contributed by atoms with Crippen molar-refractivity contribution in [2.24, 2.45) is 11.8 Å². The molecule has 0 atom stereocenters. The second kappa shape index (κ2) is 5.53. The highest BCUT2D eigenvalue weighted by Crippen LogP contribution is 2.09. The van der Waals surface area contributed by atoms with Gasteiger partial charge in [0.15, 0.2) is 0 Å². The van der Waals surface area contributed by atoms with Crippen LogP contribution in [0.15, 0.2) is 16.7 Å². The Morgan fingerprint density at radius 2 is 2.40 bits per heavy atom. The van der Waals surface area contributed by atoms with Crippen LogP contribution in [-0.4, -0.2) is 12.5 Å². The minimum absolute atomic E-state index is 0.367. The Hall–Kier alpha value is -1.33. The number of hydrogen-bond donors (Lipinski definition) is 2. The predicted molar refractivity (Wildman–Crippen MR) is 54.9 cm³/mol. The number of carbonyl (C=O) groups excluding carboxylic acids is 1. The lowest BCUT2D eigenvalue weighted by atomic mass is 10.2. The summed E-state index contributed by atoms with van der Waals surface area (Å²) >= 11 is 0. The number of furan rings is 1.